The molecule has 27 heavy (non-hydrogen) atoms. The van der Waals surface area contributed by atoms with Gasteiger partial charge in [-0.3, -0.25) is 14.6 Å². The minimum absolute atomic E-state index is 0.0288. The molecular formula is C17H34N6O4. The van der Waals surface area contributed by atoms with E-state index in [9.17, 15) is 19.5 Å². The first kappa shape index (κ1) is 24.6. The average molecular weight is 386 g/mol. The molecule has 0 spiro atoms. The summed E-state index contributed by atoms with van der Waals surface area (Å²) in [7, 11) is 0. The number of amides is 2. The summed E-state index contributed by atoms with van der Waals surface area (Å²) >= 11 is 0. The largest absolute Gasteiger partial charge is 0.480 e. The van der Waals surface area contributed by atoms with E-state index in [-0.39, 0.29) is 17.8 Å². The summed E-state index contributed by atoms with van der Waals surface area (Å²) in [6.45, 7) is 7.46. The van der Waals surface area contributed by atoms with Crippen LogP contribution in [0, 0.1) is 11.8 Å². The highest BCUT2D eigenvalue weighted by Crippen LogP contribution is 2.10. The second kappa shape index (κ2) is 12.1. The number of hydrogen-bond donors (Lipinski definition) is 6. The second-order valence-electron chi connectivity index (χ2n) is 7.00. The highest BCUT2D eigenvalue weighted by molar-refractivity contribution is 5.92. The van der Waals surface area contributed by atoms with Gasteiger partial charge in [-0.15, -0.1) is 0 Å². The molecular weight excluding hydrogens is 352 g/mol. The van der Waals surface area contributed by atoms with E-state index in [0.29, 0.717) is 25.8 Å². The summed E-state index contributed by atoms with van der Waals surface area (Å²) in [5.41, 5.74) is 16.3. The van der Waals surface area contributed by atoms with E-state index < -0.39 is 35.9 Å². The van der Waals surface area contributed by atoms with Crippen LogP contribution < -0.4 is 27.8 Å². The van der Waals surface area contributed by atoms with Gasteiger partial charge in [0.25, 0.3) is 0 Å². The number of guanidine groups is 1. The van der Waals surface area contributed by atoms with Crippen LogP contribution in [0.3, 0.4) is 0 Å². The van der Waals surface area contributed by atoms with Crippen LogP contribution in [0.25, 0.3) is 0 Å². The Morgan fingerprint density at radius 3 is 2.04 bits per heavy atom. The van der Waals surface area contributed by atoms with Crippen molar-refractivity contribution in [1.82, 2.24) is 10.6 Å². The van der Waals surface area contributed by atoms with E-state index in [0.717, 1.165) is 0 Å². The van der Waals surface area contributed by atoms with Gasteiger partial charge in [0.2, 0.25) is 11.8 Å². The molecule has 0 aromatic heterocycles. The van der Waals surface area contributed by atoms with Crippen molar-refractivity contribution in [2.24, 2.45) is 34.0 Å². The maximum Gasteiger partial charge on any atom is 0.326 e. The van der Waals surface area contributed by atoms with E-state index in [4.69, 9.17) is 17.2 Å². The molecule has 10 nitrogen and oxygen atoms in total. The molecule has 4 unspecified atom stereocenters. The molecule has 0 radical (unpaired) electrons. The van der Waals surface area contributed by atoms with Gasteiger partial charge in [-0.25, -0.2) is 4.79 Å². The molecule has 0 bridgehead atoms. The Labute approximate surface area is 160 Å². The van der Waals surface area contributed by atoms with Crippen molar-refractivity contribution in [2.45, 2.75) is 65.1 Å². The maximum atomic E-state index is 12.5. The topological polar surface area (TPSA) is 186 Å². The van der Waals surface area contributed by atoms with Gasteiger partial charge < -0.3 is 32.9 Å². The van der Waals surface area contributed by atoms with Crippen molar-refractivity contribution in [3.05, 3.63) is 0 Å². The molecule has 0 saturated carbocycles. The Balaban J connectivity index is 4.86. The fraction of sp³-hybridized carbons (Fsp3) is 0.765. The lowest BCUT2D eigenvalue weighted by Crippen LogP contribution is -2.57. The SMILES string of the molecule is CCC(C)C(NC(=O)C(NC(=O)C(N)CCCN=C(N)N)C(C)C)C(=O)O. The third kappa shape index (κ3) is 9.23. The van der Waals surface area contributed by atoms with Gasteiger partial charge in [-0.05, 0) is 24.7 Å². The first-order valence-corrected chi connectivity index (χ1v) is 9.15. The predicted octanol–water partition coefficient (Wildman–Crippen LogP) is -0.876. The van der Waals surface area contributed by atoms with Crippen molar-refractivity contribution in [2.75, 3.05) is 6.54 Å². The number of rotatable bonds is 12. The van der Waals surface area contributed by atoms with Gasteiger partial charge in [0.05, 0.1) is 6.04 Å². The fourth-order valence-corrected chi connectivity index (χ4v) is 2.37. The van der Waals surface area contributed by atoms with Crippen LogP contribution in [0.2, 0.25) is 0 Å². The van der Waals surface area contributed by atoms with E-state index in [1.54, 1.807) is 20.8 Å². The third-order valence-corrected chi connectivity index (χ3v) is 4.33. The molecule has 9 N–H and O–H groups in total. The molecule has 0 heterocycles. The molecule has 0 fully saturated rings. The predicted molar refractivity (Wildman–Crippen MR) is 104 cm³/mol. The third-order valence-electron chi connectivity index (χ3n) is 4.33. The molecule has 2 amide bonds. The van der Waals surface area contributed by atoms with E-state index in [1.165, 1.54) is 0 Å². The van der Waals surface area contributed by atoms with Crippen LogP contribution >= 0.6 is 0 Å². The summed E-state index contributed by atoms with van der Waals surface area (Å²) in [4.78, 5) is 40.0. The molecule has 0 saturated heterocycles. The number of carboxylic acids is 1. The first-order chi connectivity index (χ1) is 12.5. The van der Waals surface area contributed by atoms with E-state index >= 15 is 0 Å². The number of carbonyl (C=O) groups excluding carboxylic acids is 2. The minimum Gasteiger partial charge on any atom is -0.480 e. The van der Waals surface area contributed by atoms with E-state index in [2.05, 4.69) is 15.6 Å². The Kier molecular flexibility index (Phi) is 11.0. The summed E-state index contributed by atoms with van der Waals surface area (Å²) in [6.07, 6.45) is 1.45. The van der Waals surface area contributed by atoms with E-state index in [1.807, 2.05) is 6.92 Å². The molecule has 156 valence electrons. The zero-order chi connectivity index (χ0) is 21.1. The lowest BCUT2D eigenvalue weighted by atomic mass is 9.97. The lowest BCUT2D eigenvalue weighted by Gasteiger charge is -2.27. The molecule has 10 heteroatoms. The summed E-state index contributed by atoms with van der Waals surface area (Å²) < 4.78 is 0. The van der Waals surface area contributed by atoms with Crippen LogP contribution in [-0.2, 0) is 14.4 Å². The second-order valence-corrected chi connectivity index (χ2v) is 7.00. The average Bonchev–Trinajstić information content (AvgIpc) is 2.58. The number of hydrogen-bond acceptors (Lipinski definition) is 5. The number of carbonyl (C=O) groups is 3. The zero-order valence-corrected chi connectivity index (χ0v) is 16.6. The molecule has 0 aliphatic heterocycles. The van der Waals surface area contributed by atoms with Crippen molar-refractivity contribution in [1.29, 1.82) is 0 Å². The van der Waals surface area contributed by atoms with Crippen LogP contribution in [-0.4, -0.2) is 53.5 Å². The van der Waals surface area contributed by atoms with Gasteiger partial charge >= 0.3 is 5.97 Å². The number of aliphatic imine (C=N–C) groups is 1. The maximum absolute atomic E-state index is 12.5. The Morgan fingerprint density at radius 2 is 1.59 bits per heavy atom. The normalized spacial score (nSPS) is 15.3. The van der Waals surface area contributed by atoms with Crippen LogP contribution in [0.15, 0.2) is 4.99 Å². The molecule has 0 aromatic rings. The van der Waals surface area contributed by atoms with Crippen LogP contribution in [0.4, 0.5) is 0 Å². The number of nitrogens with two attached hydrogens (primary N) is 3. The number of aliphatic carboxylic acids is 1. The molecule has 4 atom stereocenters. The van der Waals surface area contributed by atoms with Gasteiger partial charge in [-0.2, -0.15) is 0 Å². The number of nitrogens with zero attached hydrogens (tertiary/aromatic N) is 1. The molecule has 0 aromatic carbocycles. The smallest absolute Gasteiger partial charge is 0.326 e. The Morgan fingerprint density at radius 1 is 1.04 bits per heavy atom. The van der Waals surface area contributed by atoms with Gasteiger partial charge in [0.15, 0.2) is 5.96 Å². The number of carboxylic acid groups (broad SMARTS) is 1. The monoisotopic (exact) mass is 386 g/mol. The van der Waals surface area contributed by atoms with Gasteiger partial charge in [-0.1, -0.05) is 34.1 Å². The number of nitrogens with one attached hydrogen (secondary N) is 2. The summed E-state index contributed by atoms with van der Waals surface area (Å²) in [5, 5.41) is 14.5. The summed E-state index contributed by atoms with van der Waals surface area (Å²) in [5.74, 6) is -2.65. The standard InChI is InChI=1S/C17H34N6O4/c1-5-10(4)13(16(26)27)23-15(25)12(9(2)3)22-14(24)11(18)7-6-8-21-17(19)20/h9-13H,5-8,18H2,1-4H3,(H,22,24)(H,23,25)(H,26,27)(H4,19,20,21). The molecule has 0 rings (SSSR count). The zero-order valence-electron chi connectivity index (χ0n) is 16.6. The molecule has 0 aliphatic rings. The van der Waals surface area contributed by atoms with Gasteiger partial charge in [0, 0.05) is 6.54 Å². The Bertz CT molecular complexity index is 534. The lowest BCUT2D eigenvalue weighted by molar-refractivity contribution is -0.144. The Hall–Kier alpha value is -2.36. The minimum atomic E-state index is -1.11. The quantitative estimate of drug-likeness (QED) is 0.143. The van der Waals surface area contributed by atoms with Crippen molar-refractivity contribution >= 4 is 23.7 Å². The fourth-order valence-electron chi connectivity index (χ4n) is 2.37. The first-order valence-electron chi connectivity index (χ1n) is 9.15. The highest BCUT2D eigenvalue weighted by atomic mass is 16.4. The molecule has 0 aliphatic carbocycles. The summed E-state index contributed by atoms with van der Waals surface area (Å²) in [6, 6.07) is -2.72. The van der Waals surface area contributed by atoms with Crippen molar-refractivity contribution < 1.29 is 19.5 Å². The van der Waals surface area contributed by atoms with Crippen LogP contribution in [0.1, 0.15) is 47.0 Å². The van der Waals surface area contributed by atoms with Crippen LogP contribution in [0.5, 0.6) is 0 Å². The van der Waals surface area contributed by atoms with Crippen molar-refractivity contribution in [3.8, 4) is 0 Å². The van der Waals surface area contributed by atoms with Gasteiger partial charge in [0.1, 0.15) is 12.1 Å². The van der Waals surface area contributed by atoms with Crippen molar-refractivity contribution in [3.63, 3.8) is 0 Å². The highest BCUT2D eigenvalue weighted by Gasteiger charge is 2.31.